The topological polar surface area (TPSA) is 173 Å². The highest BCUT2D eigenvalue weighted by Gasteiger charge is 2.23. The highest BCUT2D eigenvalue weighted by Crippen LogP contribution is 2.09. The van der Waals surface area contributed by atoms with Crippen molar-refractivity contribution >= 4 is 36.1 Å². The van der Waals surface area contributed by atoms with Crippen molar-refractivity contribution in [2.24, 2.45) is 0 Å². The molecule has 0 radical (unpaired) electrons. The van der Waals surface area contributed by atoms with Crippen LogP contribution >= 0.6 is 0 Å². The van der Waals surface area contributed by atoms with E-state index < -0.39 is 48.3 Å². The molecule has 0 saturated carbocycles. The number of hydrogen-bond donors (Lipinski definition) is 1. The van der Waals surface area contributed by atoms with E-state index in [1.54, 1.807) is 6.92 Å². The first kappa shape index (κ1) is 39.4. The molecule has 246 valence electrons. The van der Waals surface area contributed by atoms with Gasteiger partial charge in [-0.15, -0.1) is 5.06 Å². The summed E-state index contributed by atoms with van der Waals surface area (Å²) in [4.78, 5) is 76.4. The molecule has 2 amide bonds. The van der Waals surface area contributed by atoms with Gasteiger partial charge in [0.05, 0.1) is 12.1 Å². The second-order valence-electron chi connectivity index (χ2n) is 9.98. The van der Waals surface area contributed by atoms with Crippen LogP contribution in [0.3, 0.4) is 0 Å². The van der Waals surface area contributed by atoms with E-state index in [4.69, 9.17) is 28.5 Å². The second kappa shape index (κ2) is 21.1. The summed E-state index contributed by atoms with van der Waals surface area (Å²) in [6.07, 6.45) is 0.118. The predicted octanol–water partition coefficient (Wildman–Crippen LogP) is 4.21. The van der Waals surface area contributed by atoms with Crippen molar-refractivity contribution in [1.29, 1.82) is 0 Å². The Hall–Kier alpha value is -4.62. The SMILES string of the molecule is C=C(C)C(=O)OC=C(C)C(=O)OCC(C)OC(=O)NCCCCCCN(OC(=O)C(=C)C)C(=O)OC(C)COC(=O)C(=C)C. The number of unbranched alkanes of at least 4 members (excludes halogenated alkanes) is 3. The molecule has 1 N–H and O–H groups in total. The summed E-state index contributed by atoms with van der Waals surface area (Å²) >= 11 is 0. The average molecular weight is 625 g/mol. The molecule has 2 unspecified atom stereocenters. The Morgan fingerprint density at radius 1 is 0.705 bits per heavy atom. The summed E-state index contributed by atoms with van der Waals surface area (Å²) in [7, 11) is 0. The van der Waals surface area contributed by atoms with Gasteiger partial charge in [-0.2, -0.15) is 0 Å². The van der Waals surface area contributed by atoms with Crippen molar-refractivity contribution in [3.8, 4) is 0 Å². The summed E-state index contributed by atoms with van der Waals surface area (Å²) in [5.74, 6) is -2.84. The second-order valence-corrected chi connectivity index (χ2v) is 9.98. The zero-order valence-corrected chi connectivity index (χ0v) is 26.4. The maximum atomic E-state index is 12.5. The molecule has 2 atom stereocenters. The third-order valence-electron chi connectivity index (χ3n) is 5.17. The molecule has 0 aliphatic heterocycles. The number of alkyl carbamates (subject to hydrolysis) is 1. The largest absolute Gasteiger partial charge is 0.458 e. The maximum absolute atomic E-state index is 12.5. The van der Waals surface area contributed by atoms with Gasteiger partial charge >= 0.3 is 36.1 Å². The van der Waals surface area contributed by atoms with E-state index in [2.05, 4.69) is 25.1 Å². The average Bonchev–Trinajstić information content (AvgIpc) is 2.95. The number of ether oxygens (including phenoxy) is 5. The van der Waals surface area contributed by atoms with Crippen LogP contribution < -0.4 is 5.32 Å². The standard InChI is InChI=1S/C30H44N2O12/c1-19(2)25(33)39-16-22(7)28(36)41-17-23(8)42-29(37)31-14-12-10-11-13-15-32(44-27(35)21(5)6)30(38)43-24(9)18-40-26(34)20(3)4/h16,23-24H,1,3,5,10-15,17-18H2,2,4,6-9H3,(H,31,37). The lowest BCUT2D eigenvalue weighted by Gasteiger charge is -2.23. The van der Waals surface area contributed by atoms with Crippen molar-refractivity contribution in [1.82, 2.24) is 10.4 Å². The van der Waals surface area contributed by atoms with Crippen molar-refractivity contribution < 1.29 is 57.3 Å². The van der Waals surface area contributed by atoms with E-state index in [1.165, 1.54) is 34.6 Å². The third-order valence-corrected chi connectivity index (χ3v) is 5.17. The molecule has 44 heavy (non-hydrogen) atoms. The monoisotopic (exact) mass is 624 g/mol. The molecular formula is C30H44N2O12. The minimum Gasteiger partial charge on any atom is -0.458 e. The normalized spacial score (nSPS) is 12.0. The Bertz CT molecular complexity index is 1110. The van der Waals surface area contributed by atoms with Crippen LogP contribution in [0.1, 0.15) is 67.2 Å². The quantitative estimate of drug-likeness (QED) is 0.0576. The Morgan fingerprint density at radius 2 is 1.23 bits per heavy atom. The van der Waals surface area contributed by atoms with E-state index in [-0.39, 0.29) is 42.1 Å². The predicted molar refractivity (Wildman–Crippen MR) is 157 cm³/mol. The molecule has 14 nitrogen and oxygen atoms in total. The van der Waals surface area contributed by atoms with Gasteiger partial charge in [-0.05, 0) is 54.4 Å². The van der Waals surface area contributed by atoms with Crippen molar-refractivity contribution in [2.45, 2.75) is 79.4 Å². The molecule has 14 heteroatoms. The van der Waals surface area contributed by atoms with Crippen molar-refractivity contribution in [3.63, 3.8) is 0 Å². The molecule has 0 heterocycles. The van der Waals surface area contributed by atoms with Crippen LogP contribution in [0.4, 0.5) is 9.59 Å². The molecular weight excluding hydrogens is 580 g/mol. The number of esters is 3. The van der Waals surface area contributed by atoms with Gasteiger partial charge in [0.2, 0.25) is 0 Å². The van der Waals surface area contributed by atoms with Crippen LogP contribution in [-0.4, -0.2) is 79.6 Å². The first-order valence-corrected chi connectivity index (χ1v) is 13.9. The van der Waals surface area contributed by atoms with Crippen LogP contribution in [-0.2, 0) is 47.7 Å². The van der Waals surface area contributed by atoms with E-state index in [9.17, 15) is 28.8 Å². The number of nitrogens with zero attached hydrogens (tertiary/aromatic N) is 1. The molecule has 0 aromatic heterocycles. The summed E-state index contributed by atoms with van der Waals surface area (Å²) in [6.45, 7) is 19.2. The summed E-state index contributed by atoms with van der Waals surface area (Å²) < 4.78 is 25.1. The Balaban J connectivity index is 4.43. The molecule has 0 spiro atoms. The van der Waals surface area contributed by atoms with Gasteiger partial charge in [0.1, 0.15) is 31.7 Å². The van der Waals surface area contributed by atoms with E-state index >= 15 is 0 Å². The number of carbonyl (C=O) groups excluding carboxylic acids is 6. The summed E-state index contributed by atoms with van der Waals surface area (Å²) in [5, 5.41) is 3.37. The zero-order valence-electron chi connectivity index (χ0n) is 26.4. The number of amides is 2. The Kier molecular flexibility index (Phi) is 18.9. The highest BCUT2D eigenvalue weighted by atomic mass is 16.8. The van der Waals surface area contributed by atoms with Crippen LogP contribution in [0.2, 0.25) is 0 Å². The van der Waals surface area contributed by atoms with Crippen molar-refractivity contribution in [3.05, 3.63) is 48.3 Å². The maximum Gasteiger partial charge on any atom is 0.443 e. The summed E-state index contributed by atoms with van der Waals surface area (Å²) in [5.41, 5.74) is 0.507. The van der Waals surface area contributed by atoms with Gasteiger partial charge in [-0.1, -0.05) is 32.6 Å². The molecule has 0 saturated heterocycles. The number of nitrogens with one attached hydrogen (secondary N) is 1. The molecule has 0 bridgehead atoms. The van der Waals surface area contributed by atoms with Crippen LogP contribution in [0.5, 0.6) is 0 Å². The fourth-order valence-corrected chi connectivity index (χ4v) is 2.71. The smallest absolute Gasteiger partial charge is 0.443 e. The Labute approximate surface area is 257 Å². The lowest BCUT2D eigenvalue weighted by Crippen LogP contribution is -2.37. The molecule has 0 fully saturated rings. The first-order valence-electron chi connectivity index (χ1n) is 13.9. The number of hydrogen-bond acceptors (Lipinski definition) is 12. The molecule has 0 aromatic rings. The van der Waals surface area contributed by atoms with Gasteiger partial charge in [0, 0.05) is 23.3 Å². The lowest BCUT2D eigenvalue weighted by molar-refractivity contribution is -0.178. The zero-order chi connectivity index (χ0) is 33.8. The van der Waals surface area contributed by atoms with Gasteiger partial charge in [0.15, 0.2) is 0 Å². The van der Waals surface area contributed by atoms with Gasteiger partial charge in [-0.3, -0.25) is 0 Å². The fraction of sp³-hybridized carbons (Fsp3) is 0.533. The van der Waals surface area contributed by atoms with E-state index in [0.29, 0.717) is 32.2 Å². The van der Waals surface area contributed by atoms with Crippen LogP contribution in [0, 0.1) is 0 Å². The fourth-order valence-electron chi connectivity index (χ4n) is 2.71. The van der Waals surface area contributed by atoms with Gasteiger partial charge in [0.25, 0.3) is 0 Å². The molecule has 0 aromatic carbocycles. The first-order chi connectivity index (χ1) is 20.5. The Morgan fingerprint density at radius 3 is 1.80 bits per heavy atom. The number of rotatable bonds is 18. The van der Waals surface area contributed by atoms with Crippen LogP contribution in [0.15, 0.2) is 48.3 Å². The van der Waals surface area contributed by atoms with E-state index in [0.717, 1.165) is 11.3 Å². The summed E-state index contributed by atoms with van der Waals surface area (Å²) in [6, 6.07) is 0. The number of hydroxylamine groups is 2. The molecule has 0 aliphatic rings. The van der Waals surface area contributed by atoms with Crippen molar-refractivity contribution in [2.75, 3.05) is 26.3 Å². The minimum atomic E-state index is -0.930. The highest BCUT2D eigenvalue weighted by molar-refractivity contribution is 5.90. The molecule has 0 rings (SSSR count). The molecule has 0 aliphatic carbocycles. The third kappa shape index (κ3) is 18.0. The van der Waals surface area contributed by atoms with Gasteiger partial charge in [-0.25, -0.2) is 28.8 Å². The van der Waals surface area contributed by atoms with Crippen LogP contribution in [0.25, 0.3) is 0 Å². The lowest BCUT2D eigenvalue weighted by atomic mass is 10.2. The minimum absolute atomic E-state index is 0.0345. The number of carbonyl (C=O) groups is 6. The van der Waals surface area contributed by atoms with E-state index in [1.807, 2.05) is 0 Å². The van der Waals surface area contributed by atoms with Gasteiger partial charge < -0.3 is 33.8 Å².